The number of hydrogen-bond donors (Lipinski definition) is 1. The highest BCUT2D eigenvalue weighted by molar-refractivity contribution is 6.61. The SMILES string of the molecule is [C-]#[N+]COc1ccc2c(c1)B(O)OC2. The van der Waals surface area contributed by atoms with Gasteiger partial charge in [-0.1, -0.05) is 6.07 Å². The van der Waals surface area contributed by atoms with Crippen molar-refractivity contribution in [3.8, 4) is 5.75 Å². The minimum Gasteiger partial charge on any atom is -0.426 e. The second-order valence-electron chi connectivity index (χ2n) is 2.96. The molecule has 0 fully saturated rings. The second-order valence-corrected chi connectivity index (χ2v) is 2.96. The van der Waals surface area contributed by atoms with Crippen molar-refractivity contribution in [1.29, 1.82) is 0 Å². The van der Waals surface area contributed by atoms with Gasteiger partial charge >= 0.3 is 13.8 Å². The van der Waals surface area contributed by atoms with Crippen LogP contribution in [0.4, 0.5) is 0 Å². The molecule has 5 heteroatoms. The molecule has 0 unspecified atom stereocenters. The molecule has 0 atom stereocenters. The Kier molecular flexibility index (Phi) is 2.40. The van der Waals surface area contributed by atoms with Crippen LogP contribution < -0.4 is 10.2 Å². The molecule has 0 aromatic heterocycles. The Bertz CT molecular complexity index is 388. The van der Waals surface area contributed by atoms with Gasteiger partial charge < -0.3 is 14.4 Å². The first-order valence-corrected chi connectivity index (χ1v) is 4.20. The molecule has 1 aliphatic heterocycles. The first-order chi connectivity index (χ1) is 6.81. The van der Waals surface area contributed by atoms with E-state index in [2.05, 4.69) is 4.85 Å². The Hall–Kier alpha value is -1.51. The first kappa shape index (κ1) is 9.07. The van der Waals surface area contributed by atoms with Gasteiger partial charge in [0.15, 0.2) is 0 Å². The minimum absolute atomic E-state index is 0.00423. The number of rotatable bonds is 2. The molecule has 0 saturated heterocycles. The van der Waals surface area contributed by atoms with Gasteiger partial charge in [-0.15, -0.1) is 0 Å². The molecule has 0 bridgehead atoms. The van der Waals surface area contributed by atoms with Gasteiger partial charge in [0.1, 0.15) is 5.75 Å². The Morgan fingerprint density at radius 2 is 2.50 bits per heavy atom. The van der Waals surface area contributed by atoms with E-state index >= 15 is 0 Å². The normalized spacial score (nSPS) is 13.6. The monoisotopic (exact) mass is 189 g/mol. The highest BCUT2D eigenvalue weighted by Gasteiger charge is 2.27. The summed E-state index contributed by atoms with van der Waals surface area (Å²) in [6.45, 7) is 7.00. The Balaban J connectivity index is 2.22. The average molecular weight is 189 g/mol. The highest BCUT2D eigenvalue weighted by Crippen LogP contribution is 2.16. The van der Waals surface area contributed by atoms with E-state index in [1.165, 1.54) is 0 Å². The topological polar surface area (TPSA) is 43.0 Å². The maximum atomic E-state index is 9.39. The van der Waals surface area contributed by atoms with Gasteiger partial charge in [0.05, 0.1) is 6.61 Å². The summed E-state index contributed by atoms with van der Waals surface area (Å²) in [7, 11) is -0.860. The van der Waals surface area contributed by atoms with Crippen LogP contribution in [0.15, 0.2) is 18.2 Å². The van der Waals surface area contributed by atoms with Gasteiger partial charge in [-0.25, -0.2) is 6.57 Å². The van der Waals surface area contributed by atoms with Crippen molar-refractivity contribution in [2.24, 2.45) is 0 Å². The van der Waals surface area contributed by atoms with Crippen molar-refractivity contribution >= 4 is 12.6 Å². The van der Waals surface area contributed by atoms with Gasteiger partial charge in [0, 0.05) is 0 Å². The summed E-state index contributed by atoms with van der Waals surface area (Å²) >= 11 is 0. The lowest BCUT2D eigenvalue weighted by molar-refractivity contribution is 0.275. The van der Waals surface area contributed by atoms with Crippen LogP contribution in [0.5, 0.6) is 5.75 Å². The Morgan fingerprint density at radius 3 is 3.29 bits per heavy atom. The Morgan fingerprint density at radius 1 is 1.64 bits per heavy atom. The van der Waals surface area contributed by atoms with Crippen molar-refractivity contribution in [2.45, 2.75) is 6.61 Å². The van der Waals surface area contributed by atoms with Crippen LogP contribution in [-0.2, 0) is 11.3 Å². The molecule has 0 aliphatic carbocycles. The molecule has 1 aromatic carbocycles. The molecular weight excluding hydrogens is 181 g/mol. The molecule has 70 valence electrons. The molecule has 0 spiro atoms. The van der Waals surface area contributed by atoms with E-state index in [0.717, 1.165) is 11.0 Å². The van der Waals surface area contributed by atoms with Crippen LogP contribution in [0.3, 0.4) is 0 Å². The lowest BCUT2D eigenvalue weighted by atomic mass is 9.79. The van der Waals surface area contributed by atoms with Gasteiger partial charge in [0.2, 0.25) is 0 Å². The third kappa shape index (κ3) is 1.58. The minimum atomic E-state index is -0.860. The van der Waals surface area contributed by atoms with Crippen LogP contribution in [0, 0.1) is 6.57 Å². The molecule has 1 aliphatic rings. The summed E-state index contributed by atoms with van der Waals surface area (Å²) in [4.78, 5) is 3.08. The molecule has 0 radical (unpaired) electrons. The third-order valence-electron chi connectivity index (χ3n) is 2.08. The predicted octanol–water partition coefficient (Wildman–Crippen LogP) is 0.160. The lowest BCUT2D eigenvalue weighted by Gasteiger charge is -2.02. The first-order valence-electron chi connectivity index (χ1n) is 4.20. The smallest absolute Gasteiger partial charge is 0.426 e. The zero-order chi connectivity index (χ0) is 9.97. The number of nitrogens with zero attached hydrogens (tertiary/aromatic N) is 1. The molecule has 14 heavy (non-hydrogen) atoms. The van der Waals surface area contributed by atoms with Crippen molar-refractivity contribution in [3.05, 3.63) is 35.2 Å². The fourth-order valence-electron chi connectivity index (χ4n) is 1.39. The molecule has 0 saturated carbocycles. The second kappa shape index (κ2) is 3.70. The summed E-state index contributed by atoms with van der Waals surface area (Å²) in [5, 5.41) is 9.39. The summed E-state index contributed by atoms with van der Waals surface area (Å²) in [6.07, 6.45) is 0. The molecule has 1 heterocycles. The van der Waals surface area contributed by atoms with Crippen LogP contribution in [0.1, 0.15) is 5.56 Å². The highest BCUT2D eigenvalue weighted by atomic mass is 16.5. The summed E-state index contributed by atoms with van der Waals surface area (Å²) in [5.74, 6) is 0.587. The molecule has 0 amide bonds. The van der Waals surface area contributed by atoms with E-state index in [-0.39, 0.29) is 6.73 Å². The third-order valence-corrected chi connectivity index (χ3v) is 2.08. The lowest BCUT2D eigenvalue weighted by Crippen LogP contribution is -2.27. The molecule has 1 aromatic rings. The van der Waals surface area contributed by atoms with Gasteiger partial charge in [0.25, 0.3) is 0 Å². The average Bonchev–Trinajstić information content (AvgIpc) is 2.57. The van der Waals surface area contributed by atoms with E-state index < -0.39 is 7.12 Å². The van der Waals surface area contributed by atoms with Crippen molar-refractivity contribution in [3.63, 3.8) is 0 Å². The van der Waals surface area contributed by atoms with E-state index in [1.54, 1.807) is 12.1 Å². The maximum absolute atomic E-state index is 9.39. The van der Waals surface area contributed by atoms with E-state index in [4.69, 9.17) is 16.0 Å². The van der Waals surface area contributed by atoms with Gasteiger partial charge in [-0.2, -0.15) is 0 Å². The van der Waals surface area contributed by atoms with Crippen LogP contribution in [0.25, 0.3) is 4.85 Å². The quantitative estimate of drug-likeness (QED) is 0.532. The number of ether oxygens (including phenoxy) is 1. The molecule has 1 N–H and O–H groups in total. The number of benzene rings is 1. The van der Waals surface area contributed by atoms with E-state index in [1.807, 2.05) is 6.07 Å². The zero-order valence-corrected chi connectivity index (χ0v) is 7.43. The van der Waals surface area contributed by atoms with Crippen LogP contribution >= 0.6 is 0 Å². The van der Waals surface area contributed by atoms with Gasteiger partial charge in [-0.05, 0) is 23.2 Å². The fourth-order valence-corrected chi connectivity index (χ4v) is 1.39. The van der Waals surface area contributed by atoms with Crippen LogP contribution in [-0.4, -0.2) is 18.9 Å². The van der Waals surface area contributed by atoms with Crippen LogP contribution in [0.2, 0.25) is 0 Å². The van der Waals surface area contributed by atoms with Crippen molar-refractivity contribution < 1.29 is 14.4 Å². The summed E-state index contributed by atoms with van der Waals surface area (Å²) in [5.41, 5.74) is 1.69. The fraction of sp³-hybridized carbons (Fsp3) is 0.222. The molecular formula is C9H8BNO3. The van der Waals surface area contributed by atoms with Gasteiger partial charge in [-0.3, -0.25) is 4.85 Å². The predicted molar refractivity (Wildman–Crippen MR) is 50.9 cm³/mol. The number of fused-ring (bicyclic) bond motifs is 1. The zero-order valence-electron chi connectivity index (χ0n) is 7.43. The largest absolute Gasteiger partial charge is 0.491 e. The van der Waals surface area contributed by atoms with Crippen molar-refractivity contribution in [2.75, 3.05) is 6.73 Å². The Labute approximate surface area is 82.0 Å². The molecule has 2 rings (SSSR count). The number of hydrogen-bond acceptors (Lipinski definition) is 3. The van der Waals surface area contributed by atoms with E-state index in [9.17, 15) is 5.02 Å². The maximum Gasteiger partial charge on any atom is 0.491 e. The molecule has 4 nitrogen and oxygen atoms in total. The summed E-state index contributed by atoms with van der Waals surface area (Å²) < 4.78 is 10.1. The standard InChI is InChI=1S/C9H8BNO3/c1-11-6-13-8-3-2-7-5-14-10(12)9(7)4-8/h2-4,12H,5-6H2. The van der Waals surface area contributed by atoms with E-state index in [0.29, 0.717) is 12.4 Å². The summed E-state index contributed by atoms with van der Waals surface area (Å²) in [6, 6.07) is 5.31. The van der Waals surface area contributed by atoms with Crippen molar-refractivity contribution in [1.82, 2.24) is 0 Å².